The second-order valence-corrected chi connectivity index (χ2v) is 4.71. The molecule has 2 rings (SSSR count). The standard InChI is InChI=1S/C10H15N5O4S/c1-13(19-2)9(16)7-8(12-20-11-7)14-3-5-15(6-4-14)10(17)18/h3-6H2,1-2H3,(H,17,18). The van der Waals surface area contributed by atoms with E-state index in [1.165, 1.54) is 19.1 Å². The van der Waals surface area contributed by atoms with E-state index in [0.717, 1.165) is 16.8 Å². The number of anilines is 1. The number of amides is 2. The molecule has 1 aromatic rings. The van der Waals surface area contributed by atoms with Crippen molar-refractivity contribution in [3.05, 3.63) is 5.69 Å². The number of hydrogen-bond donors (Lipinski definition) is 1. The zero-order valence-corrected chi connectivity index (χ0v) is 12.0. The number of carboxylic acid groups (broad SMARTS) is 1. The van der Waals surface area contributed by atoms with Crippen LogP contribution in [0.5, 0.6) is 0 Å². The van der Waals surface area contributed by atoms with Crippen molar-refractivity contribution in [2.45, 2.75) is 0 Å². The summed E-state index contributed by atoms with van der Waals surface area (Å²) in [5, 5.41) is 9.98. The summed E-state index contributed by atoms with van der Waals surface area (Å²) in [5.74, 6) is 0.103. The summed E-state index contributed by atoms with van der Waals surface area (Å²) in [5.41, 5.74) is 0.225. The zero-order chi connectivity index (χ0) is 14.7. The molecule has 110 valence electrons. The molecule has 20 heavy (non-hydrogen) atoms. The maximum Gasteiger partial charge on any atom is 0.407 e. The Labute approximate surface area is 119 Å². The second-order valence-electron chi connectivity index (χ2n) is 4.18. The highest BCUT2D eigenvalue weighted by Gasteiger charge is 2.28. The number of carbonyl (C=O) groups excluding carboxylic acids is 1. The van der Waals surface area contributed by atoms with Crippen LogP contribution in [0.1, 0.15) is 10.5 Å². The summed E-state index contributed by atoms with van der Waals surface area (Å²) in [6.45, 7) is 1.71. The van der Waals surface area contributed by atoms with Gasteiger partial charge in [0.25, 0.3) is 0 Å². The summed E-state index contributed by atoms with van der Waals surface area (Å²) < 4.78 is 8.14. The molecule has 0 radical (unpaired) electrons. The van der Waals surface area contributed by atoms with E-state index in [2.05, 4.69) is 8.75 Å². The lowest BCUT2D eigenvalue weighted by atomic mass is 10.3. The molecule has 0 spiro atoms. The molecular weight excluding hydrogens is 286 g/mol. The molecule has 2 amide bonds. The fourth-order valence-corrected chi connectivity index (χ4v) is 2.43. The largest absolute Gasteiger partial charge is 0.465 e. The molecular formula is C10H15N5O4S. The lowest BCUT2D eigenvalue weighted by Crippen LogP contribution is -2.49. The Morgan fingerprint density at radius 3 is 2.50 bits per heavy atom. The Bertz CT molecular complexity index is 500. The molecule has 1 N–H and O–H groups in total. The van der Waals surface area contributed by atoms with Crippen LogP contribution in [0.3, 0.4) is 0 Å². The van der Waals surface area contributed by atoms with Gasteiger partial charge in [0, 0.05) is 33.2 Å². The van der Waals surface area contributed by atoms with Crippen LogP contribution >= 0.6 is 11.7 Å². The van der Waals surface area contributed by atoms with E-state index in [0.29, 0.717) is 32.0 Å². The third-order valence-electron chi connectivity index (χ3n) is 3.08. The first-order valence-electron chi connectivity index (χ1n) is 5.92. The van der Waals surface area contributed by atoms with Gasteiger partial charge in [-0.15, -0.1) is 0 Å². The van der Waals surface area contributed by atoms with Gasteiger partial charge in [-0.1, -0.05) is 0 Å². The molecule has 0 bridgehead atoms. The Kier molecular flexibility index (Phi) is 4.35. The summed E-state index contributed by atoms with van der Waals surface area (Å²) in [7, 11) is 2.89. The monoisotopic (exact) mass is 301 g/mol. The number of hydroxylamine groups is 2. The molecule has 0 aromatic carbocycles. The van der Waals surface area contributed by atoms with E-state index in [1.54, 1.807) is 0 Å². The van der Waals surface area contributed by atoms with E-state index >= 15 is 0 Å². The molecule has 0 saturated carbocycles. The molecule has 1 saturated heterocycles. The van der Waals surface area contributed by atoms with Crippen LogP contribution in [-0.4, -0.2) is 76.2 Å². The average Bonchev–Trinajstić information content (AvgIpc) is 2.95. The van der Waals surface area contributed by atoms with Crippen LogP contribution < -0.4 is 4.90 Å². The van der Waals surface area contributed by atoms with Crippen molar-refractivity contribution in [3.63, 3.8) is 0 Å². The lowest BCUT2D eigenvalue weighted by molar-refractivity contribution is -0.0759. The first-order chi connectivity index (χ1) is 9.54. The van der Waals surface area contributed by atoms with Crippen LogP contribution in [0.25, 0.3) is 0 Å². The smallest absolute Gasteiger partial charge is 0.407 e. The highest BCUT2D eigenvalue weighted by Crippen LogP contribution is 2.21. The normalized spacial score (nSPS) is 15.3. The van der Waals surface area contributed by atoms with E-state index in [9.17, 15) is 9.59 Å². The predicted octanol–water partition coefficient (Wildman–Crippen LogP) is -0.0285. The topological polar surface area (TPSA) is 99.1 Å². The molecule has 1 fully saturated rings. The predicted molar refractivity (Wildman–Crippen MR) is 70.8 cm³/mol. The van der Waals surface area contributed by atoms with Crippen LogP contribution in [0.2, 0.25) is 0 Å². The molecule has 0 atom stereocenters. The molecule has 2 heterocycles. The molecule has 9 nitrogen and oxygen atoms in total. The molecule has 1 aromatic heterocycles. The van der Waals surface area contributed by atoms with Crippen molar-refractivity contribution in [1.82, 2.24) is 18.7 Å². The lowest BCUT2D eigenvalue weighted by Gasteiger charge is -2.33. The third-order valence-corrected chi connectivity index (χ3v) is 3.60. The third kappa shape index (κ3) is 2.80. The molecule has 0 unspecified atom stereocenters. The quantitative estimate of drug-likeness (QED) is 0.783. The first kappa shape index (κ1) is 14.5. The zero-order valence-electron chi connectivity index (χ0n) is 11.1. The Morgan fingerprint density at radius 1 is 1.30 bits per heavy atom. The van der Waals surface area contributed by atoms with Crippen molar-refractivity contribution >= 4 is 29.5 Å². The fraction of sp³-hybridized carbons (Fsp3) is 0.600. The highest BCUT2D eigenvalue weighted by molar-refractivity contribution is 6.99. The molecule has 1 aliphatic rings. The minimum absolute atomic E-state index is 0.225. The van der Waals surface area contributed by atoms with Crippen LogP contribution in [0.15, 0.2) is 0 Å². The van der Waals surface area contributed by atoms with Crippen LogP contribution in [0.4, 0.5) is 10.6 Å². The van der Waals surface area contributed by atoms with Gasteiger partial charge in [0.05, 0.1) is 18.8 Å². The van der Waals surface area contributed by atoms with Gasteiger partial charge in [-0.25, -0.2) is 9.86 Å². The van der Waals surface area contributed by atoms with E-state index in [-0.39, 0.29) is 11.6 Å². The maximum absolute atomic E-state index is 12.0. The van der Waals surface area contributed by atoms with Gasteiger partial charge in [0.15, 0.2) is 11.5 Å². The Balaban J connectivity index is 2.10. The molecule has 0 aliphatic carbocycles. The SMILES string of the molecule is CON(C)C(=O)c1nsnc1N1CCN(C(=O)O)CC1. The Morgan fingerprint density at radius 2 is 1.95 bits per heavy atom. The summed E-state index contributed by atoms with van der Waals surface area (Å²) in [6.07, 6.45) is -0.934. The van der Waals surface area contributed by atoms with Gasteiger partial charge in [-0.3, -0.25) is 9.63 Å². The number of rotatable bonds is 3. The molecule has 1 aliphatic heterocycles. The van der Waals surface area contributed by atoms with Gasteiger partial charge >= 0.3 is 12.0 Å². The Hall–Kier alpha value is -1.94. The van der Waals surface area contributed by atoms with Crippen molar-refractivity contribution < 1.29 is 19.5 Å². The van der Waals surface area contributed by atoms with Gasteiger partial charge < -0.3 is 14.9 Å². The van der Waals surface area contributed by atoms with Gasteiger partial charge in [0.1, 0.15) is 0 Å². The number of nitrogens with zero attached hydrogens (tertiary/aromatic N) is 5. The van der Waals surface area contributed by atoms with Crippen molar-refractivity contribution in [2.24, 2.45) is 0 Å². The van der Waals surface area contributed by atoms with Gasteiger partial charge in [-0.2, -0.15) is 8.75 Å². The maximum atomic E-state index is 12.0. The van der Waals surface area contributed by atoms with Crippen molar-refractivity contribution in [2.75, 3.05) is 45.2 Å². The van der Waals surface area contributed by atoms with Gasteiger partial charge in [0.2, 0.25) is 0 Å². The second kappa shape index (κ2) is 6.01. The van der Waals surface area contributed by atoms with Crippen LogP contribution in [0, 0.1) is 0 Å². The molecule has 10 heteroatoms. The summed E-state index contributed by atoms with van der Waals surface area (Å²) in [6, 6.07) is 0. The summed E-state index contributed by atoms with van der Waals surface area (Å²) >= 11 is 0.949. The van der Waals surface area contributed by atoms with Crippen LogP contribution in [-0.2, 0) is 4.84 Å². The minimum atomic E-state index is -0.934. The highest BCUT2D eigenvalue weighted by atomic mass is 32.1. The average molecular weight is 301 g/mol. The van der Waals surface area contributed by atoms with E-state index in [1.807, 2.05) is 4.90 Å². The minimum Gasteiger partial charge on any atom is -0.465 e. The van der Waals surface area contributed by atoms with E-state index < -0.39 is 6.09 Å². The van der Waals surface area contributed by atoms with Crippen molar-refractivity contribution in [3.8, 4) is 0 Å². The number of carbonyl (C=O) groups is 2. The fourth-order valence-electron chi connectivity index (χ4n) is 1.87. The summed E-state index contributed by atoms with van der Waals surface area (Å²) in [4.78, 5) is 30.9. The number of aromatic nitrogens is 2. The van der Waals surface area contributed by atoms with E-state index in [4.69, 9.17) is 9.94 Å². The number of hydrogen-bond acceptors (Lipinski definition) is 7. The van der Waals surface area contributed by atoms with Gasteiger partial charge in [-0.05, 0) is 0 Å². The number of piperazine rings is 1. The first-order valence-corrected chi connectivity index (χ1v) is 6.65. The van der Waals surface area contributed by atoms with Crippen molar-refractivity contribution in [1.29, 1.82) is 0 Å².